The summed E-state index contributed by atoms with van der Waals surface area (Å²) in [6.45, 7) is 2.04. The zero-order valence-electron chi connectivity index (χ0n) is 12.5. The summed E-state index contributed by atoms with van der Waals surface area (Å²) in [7, 11) is 0. The summed E-state index contributed by atoms with van der Waals surface area (Å²) >= 11 is 0. The van der Waals surface area contributed by atoms with Gasteiger partial charge in [0.05, 0.1) is 17.8 Å². The molecule has 3 aromatic rings. The van der Waals surface area contributed by atoms with Gasteiger partial charge < -0.3 is 10.6 Å². The third-order valence-corrected chi connectivity index (χ3v) is 3.13. The lowest BCUT2D eigenvalue weighted by Crippen LogP contribution is -2.02. The molecule has 0 aliphatic rings. The summed E-state index contributed by atoms with van der Waals surface area (Å²) < 4.78 is 0. The van der Waals surface area contributed by atoms with Crippen LogP contribution >= 0.6 is 0 Å². The Hall–Kier alpha value is -3.46. The zero-order valence-corrected chi connectivity index (χ0v) is 12.5. The summed E-state index contributed by atoms with van der Waals surface area (Å²) in [4.78, 5) is 4.36. The first-order valence-electron chi connectivity index (χ1n) is 7.03. The van der Waals surface area contributed by atoms with Crippen molar-refractivity contribution in [2.24, 2.45) is 0 Å². The van der Waals surface area contributed by atoms with E-state index in [1.54, 1.807) is 24.4 Å². The molecular weight excluding hydrogens is 288 g/mol. The molecule has 0 atom stereocenters. The number of nitrogens with zero attached hydrogens (tertiary/aromatic N) is 4. The Morgan fingerprint density at radius 3 is 2.61 bits per heavy atom. The van der Waals surface area contributed by atoms with Gasteiger partial charge in [-0.25, -0.2) is 0 Å². The molecule has 6 heteroatoms. The lowest BCUT2D eigenvalue weighted by molar-refractivity contribution is 0.982. The van der Waals surface area contributed by atoms with Crippen molar-refractivity contribution in [2.45, 2.75) is 6.92 Å². The van der Waals surface area contributed by atoms with Crippen LogP contribution < -0.4 is 10.6 Å². The van der Waals surface area contributed by atoms with Gasteiger partial charge in [0.15, 0.2) is 5.82 Å². The van der Waals surface area contributed by atoms with Crippen LogP contribution in [0.1, 0.15) is 11.1 Å². The number of rotatable bonds is 4. The Labute approximate surface area is 133 Å². The Bertz CT molecular complexity index is 851. The predicted molar refractivity (Wildman–Crippen MR) is 88.7 cm³/mol. The molecule has 0 bridgehead atoms. The predicted octanol–water partition coefficient (Wildman–Crippen LogP) is 3.54. The number of nitrogens with one attached hydrogen (secondary N) is 2. The number of aromatic nitrogens is 3. The molecular formula is C17H14N6. The molecule has 0 unspecified atom stereocenters. The van der Waals surface area contributed by atoms with Crippen molar-refractivity contribution in [1.29, 1.82) is 5.26 Å². The van der Waals surface area contributed by atoms with Gasteiger partial charge in [-0.05, 0) is 37.3 Å². The molecule has 6 nitrogen and oxygen atoms in total. The maximum Gasteiger partial charge on any atom is 0.249 e. The minimum absolute atomic E-state index is 0.359. The van der Waals surface area contributed by atoms with Gasteiger partial charge in [0.1, 0.15) is 0 Å². The van der Waals surface area contributed by atoms with Gasteiger partial charge in [0.25, 0.3) is 0 Å². The van der Waals surface area contributed by atoms with E-state index in [0.717, 1.165) is 11.4 Å². The van der Waals surface area contributed by atoms with Crippen molar-refractivity contribution < 1.29 is 0 Å². The van der Waals surface area contributed by atoms with E-state index in [1.165, 1.54) is 5.56 Å². The van der Waals surface area contributed by atoms with E-state index >= 15 is 0 Å². The summed E-state index contributed by atoms with van der Waals surface area (Å²) in [5.74, 6) is 0.944. The standard InChI is InChI=1S/C17H14N6/c1-12-5-7-14(8-6-12)20-16-11-19-23-17(22-16)21-15-4-2-3-13(9-15)10-18/h2-9,11H,1H3,(H2,20,21,22,23). The van der Waals surface area contributed by atoms with Crippen LogP contribution in [0.25, 0.3) is 0 Å². The summed E-state index contributed by atoms with van der Waals surface area (Å²) in [6, 6.07) is 17.2. The molecule has 3 rings (SSSR count). The van der Waals surface area contributed by atoms with E-state index < -0.39 is 0 Å². The average Bonchev–Trinajstić information content (AvgIpc) is 2.57. The molecule has 2 aromatic carbocycles. The number of nitriles is 1. The van der Waals surface area contributed by atoms with Crippen LogP contribution in [0.4, 0.5) is 23.1 Å². The lowest BCUT2D eigenvalue weighted by Gasteiger charge is -2.08. The van der Waals surface area contributed by atoms with Gasteiger partial charge in [-0.3, -0.25) is 0 Å². The fourth-order valence-electron chi connectivity index (χ4n) is 2.00. The molecule has 0 aliphatic carbocycles. The van der Waals surface area contributed by atoms with Crippen molar-refractivity contribution in [3.8, 4) is 6.07 Å². The number of hydrogen-bond acceptors (Lipinski definition) is 6. The highest BCUT2D eigenvalue weighted by molar-refractivity contribution is 5.59. The van der Waals surface area contributed by atoms with Gasteiger partial charge in [-0.2, -0.15) is 15.3 Å². The highest BCUT2D eigenvalue weighted by atomic mass is 15.3. The molecule has 1 aromatic heterocycles. The Morgan fingerprint density at radius 1 is 1.00 bits per heavy atom. The van der Waals surface area contributed by atoms with Crippen molar-refractivity contribution in [1.82, 2.24) is 15.2 Å². The first kappa shape index (κ1) is 14.5. The molecule has 23 heavy (non-hydrogen) atoms. The Kier molecular flexibility index (Phi) is 4.11. The largest absolute Gasteiger partial charge is 0.339 e. The second kappa shape index (κ2) is 6.54. The Morgan fingerprint density at radius 2 is 1.83 bits per heavy atom. The van der Waals surface area contributed by atoms with Crippen LogP contribution in [0.2, 0.25) is 0 Å². The monoisotopic (exact) mass is 302 g/mol. The van der Waals surface area contributed by atoms with E-state index in [-0.39, 0.29) is 0 Å². The first-order chi connectivity index (χ1) is 11.2. The molecule has 0 fully saturated rings. The lowest BCUT2D eigenvalue weighted by atomic mass is 10.2. The van der Waals surface area contributed by atoms with Gasteiger partial charge in [0.2, 0.25) is 5.95 Å². The van der Waals surface area contributed by atoms with E-state index in [9.17, 15) is 0 Å². The van der Waals surface area contributed by atoms with Crippen molar-refractivity contribution in [2.75, 3.05) is 10.6 Å². The highest BCUT2D eigenvalue weighted by Crippen LogP contribution is 2.17. The molecule has 2 N–H and O–H groups in total. The third kappa shape index (κ3) is 3.80. The third-order valence-electron chi connectivity index (χ3n) is 3.13. The van der Waals surface area contributed by atoms with E-state index in [0.29, 0.717) is 17.3 Å². The Balaban J connectivity index is 1.77. The normalized spacial score (nSPS) is 9.91. The van der Waals surface area contributed by atoms with Crippen LogP contribution in [-0.4, -0.2) is 15.2 Å². The van der Waals surface area contributed by atoms with Crippen LogP contribution in [0.3, 0.4) is 0 Å². The minimum atomic E-state index is 0.359. The first-order valence-corrected chi connectivity index (χ1v) is 7.03. The highest BCUT2D eigenvalue weighted by Gasteiger charge is 2.03. The molecule has 0 spiro atoms. The molecule has 1 heterocycles. The smallest absolute Gasteiger partial charge is 0.249 e. The molecule has 0 saturated heterocycles. The molecule has 112 valence electrons. The molecule has 0 amide bonds. The van der Waals surface area contributed by atoms with Crippen LogP contribution in [0, 0.1) is 18.3 Å². The van der Waals surface area contributed by atoms with Crippen molar-refractivity contribution >= 4 is 23.1 Å². The summed E-state index contributed by atoms with van der Waals surface area (Å²) in [5.41, 5.74) is 3.42. The number of aryl methyl sites for hydroxylation is 1. The van der Waals surface area contributed by atoms with E-state index in [1.807, 2.05) is 37.3 Å². The van der Waals surface area contributed by atoms with Gasteiger partial charge in [-0.15, -0.1) is 5.10 Å². The average molecular weight is 302 g/mol. The van der Waals surface area contributed by atoms with Crippen LogP contribution in [0.5, 0.6) is 0 Å². The van der Waals surface area contributed by atoms with Crippen molar-refractivity contribution in [3.63, 3.8) is 0 Å². The van der Waals surface area contributed by atoms with E-state index in [4.69, 9.17) is 5.26 Å². The quantitative estimate of drug-likeness (QED) is 0.766. The number of hydrogen-bond donors (Lipinski definition) is 2. The van der Waals surface area contributed by atoms with E-state index in [2.05, 4.69) is 31.9 Å². The second-order valence-electron chi connectivity index (χ2n) is 4.97. The molecule has 0 saturated carbocycles. The minimum Gasteiger partial charge on any atom is -0.339 e. The maximum absolute atomic E-state index is 8.92. The van der Waals surface area contributed by atoms with Gasteiger partial charge >= 0.3 is 0 Å². The molecule has 0 radical (unpaired) electrons. The zero-order chi connectivity index (χ0) is 16.1. The fraction of sp³-hybridized carbons (Fsp3) is 0.0588. The van der Waals surface area contributed by atoms with Gasteiger partial charge in [-0.1, -0.05) is 23.8 Å². The number of benzene rings is 2. The van der Waals surface area contributed by atoms with Crippen molar-refractivity contribution in [3.05, 3.63) is 65.9 Å². The number of anilines is 4. The maximum atomic E-state index is 8.92. The summed E-state index contributed by atoms with van der Waals surface area (Å²) in [5, 5.41) is 23.0. The van der Waals surface area contributed by atoms with Crippen LogP contribution in [0.15, 0.2) is 54.7 Å². The summed E-state index contributed by atoms with van der Waals surface area (Å²) in [6.07, 6.45) is 1.55. The second-order valence-corrected chi connectivity index (χ2v) is 4.97. The van der Waals surface area contributed by atoms with Crippen LogP contribution in [-0.2, 0) is 0 Å². The SMILES string of the molecule is Cc1ccc(Nc2cnnc(Nc3cccc(C#N)c3)n2)cc1. The fourth-order valence-corrected chi connectivity index (χ4v) is 2.00. The topological polar surface area (TPSA) is 86.5 Å². The molecule has 0 aliphatic heterocycles. The van der Waals surface area contributed by atoms with Gasteiger partial charge in [0, 0.05) is 11.4 Å².